The van der Waals surface area contributed by atoms with Crippen molar-refractivity contribution in [1.29, 1.82) is 0 Å². The van der Waals surface area contributed by atoms with Crippen LogP contribution in [0.5, 0.6) is 34.5 Å². The average molecular weight is 449 g/mol. The maximum atomic E-state index is 10.2. The van der Waals surface area contributed by atoms with E-state index in [0.717, 1.165) is 12.1 Å². The molecule has 2 aromatic carbocycles. The molecule has 0 amide bonds. The lowest BCUT2D eigenvalue weighted by Crippen LogP contribution is -2.54. The van der Waals surface area contributed by atoms with E-state index in [1.54, 1.807) is 0 Å². The number of phenols is 4. The molecule has 0 spiro atoms. The van der Waals surface area contributed by atoms with Crippen LogP contribution in [0.1, 0.15) is 0 Å². The van der Waals surface area contributed by atoms with Crippen LogP contribution in [0, 0.1) is 0 Å². The molecule has 11 nitrogen and oxygen atoms in total. The van der Waals surface area contributed by atoms with Crippen molar-refractivity contribution in [3.8, 4) is 45.8 Å². The van der Waals surface area contributed by atoms with Crippen LogP contribution in [0.3, 0.4) is 0 Å². The summed E-state index contributed by atoms with van der Waals surface area (Å²) in [6, 6.07) is 6.17. The minimum atomic E-state index is -1.61. The Kier molecular flexibility index (Phi) is 5.57. The van der Waals surface area contributed by atoms with Crippen LogP contribution < -0.4 is 9.47 Å². The first-order valence-corrected chi connectivity index (χ1v) is 9.45. The molecule has 7 N–H and O–H groups in total. The Morgan fingerprint density at radius 1 is 0.906 bits per heavy atom. The number of fused-ring (bicyclic) bond motifs is 1. The van der Waals surface area contributed by atoms with Crippen molar-refractivity contribution in [2.75, 3.05) is 13.7 Å². The van der Waals surface area contributed by atoms with E-state index in [-0.39, 0.29) is 51.9 Å². The molecule has 1 saturated heterocycles. The van der Waals surface area contributed by atoms with Gasteiger partial charge in [-0.25, -0.2) is 4.42 Å². The van der Waals surface area contributed by atoms with Crippen molar-refractivity contribution >= 4 is 11.0 Å². The summed E-state index contributed by atoms with van der Waals surface area (Å²) < 4.78 is 21.9. The molecular weight excluding hydrogens is 428 g/mol. The number of ether oxygens (including phenoxy) is 3. The molecule has 3 aromatic rings. The fourth-order valence-corrected chi connectivity index (χ4v) is 3.36. The number of aliphatic hydroxyl groups excluding tert-OH is 3. The third-order valence-electron chi connectivity index (χ3n) is 5.05. The molecule has 11 heteroatoms. The first-order valence-electron chi connectivity index (χ1n) is 9.45. The van der Waals surface area contributed by atoms with Gasteiger partial charge in [-0.05, 0) is 0 Å². The Balaban J connectivity index is 1.88. The summed E-state index contributed by atoms with van der Waals surface area (Å²) in [7, 11) is 1.28. The molecule has 0 radical (unpaired) electrons. The number of rotatable bonds is 4. The van der Waals surface area contributed by atoms with E-state index in [1.165, 1.54) is 25.3 Å². The monoisotopic (exact) mass is 449 g/mol. The minimum Gasteiger partial charge on any atom is -0.507 e. The Morgan fingerprint density at radius 3 is 2.38 bits per heavy atom. The predicted molar refractivity (Wildman–Crippen MR) is 108 cm³/mol. The van der Waals surface area contributed by atoms with Gasteiger partial charge in [0.1, 0.15) is 35.2 Å². The van der Waals surface area contributed by atoms with E-state index in [0.29, 0.717) is 0 Å². The van der Waals surface area contributed by atoms with Crippen molar-refractivity contribution in [2.45, 2.75) is 24.6 Å². The van der Waals surface area contributed by atoms with Gasteiger partial charge in [0.2, 0.25) is 17.8 Å². The standard InChI is InChI=1S/C21H20O11/c1-29-15-3-8(2-12(24)17(15)26)20-16(32-21-19(28)18(27)13(25)7-30-21)6-10-11(23)4-9(22)5-14(10)31-20/h2-6,13,18-19,21,25,27-28H,7H2,1H3,(H3-,22,23,24,26)/p+1. The number of benzene rings is 2. The first-order chi connectivity index (χ1) is 15.2. The smallest absolute Gasteiger partial charge is 0.402 e. The summed E-state index contributed by atoms with van der Waals surface area (Å²) in [4.78, 5) is 0. The van der Waals surface area contributed by atoms with E-state index >= 15 is 0 Å². The quantitative estimate of drug-likeness (QED) is 0.223. The van der Waals surface area contributed by atoms with Gasteiger partial charge >= 0.3 is 11.3 Å². The summed E-state index contributed by atoms with van der Waals surface area (Å²) in [5, 5.41) is 70.0. The molecule has 2 heterocycles. The summed E-state index contributed by atoms with van der Waals surface area (Å²) in [5.41, 5.74) is 0.222. The van der Waals surface area contributed by atoms with Crippen LogP contribution in [-0.4, -0.2) is 74.1 Å². The van der Waals surface area contributed by atoms with Gasteiger partial charge in [0.25, 0.3) is 0 Å². The third-order valence-corrected chi connectivity index (χ3v) is 5.05. The Bertz CT molecular complexity index is 1160. The van der Waals surface area contributed by atoms with Gasteiger partial charge in [0, 0.05) is 24.3 Å². The maximum absolute atomic E-state index is 10.2. The van der Waals surface area contributed by atoms with Crippen LogP contribution in [0.4, 0.5) is 0 Å². The van der Waals surface area contributed by atoms with E-state index in [2.05, 4.69) is 0 Å². The van der Waals surface area contributed by atoms with Gasteiger partial charge in [-0.3, -0.25) is 0 Å². The van der Waals surface area contributed by atoms with E-state index in [4.69, 9.17) is 18.6 Å². The summed E-state index contributed by atoms with van der Waals surface area (Å²) >= 11 is 0. The van der Waals surface area contributed by atoms with Crippen molar-refractivity contribution in [3.05, 3.63) is 30.3 Å². The van der Waals surface area contributed by atoms with Crippen LogP contribution in [0.15, 0.2) is 34.7 Å². The number of phenolic OH excluding ortho intramolecular Hbond substituents is 4. The number of methoxy groups -OCH3 is 1. The van der Waals surface area contributed by atoms with Crippen molar-refractivity contribution < 1.29 is 54.4 Å². The molecule has 170 valence electrons. The molecule has 1 aliphatic heterocycles. The second-order valence-corrected chi connectivity index (χ2v) is 7.23. The number of hydrogen-bond acceptors (Lipinski definition) is 10. The topological polar surface area (TPSA) is 181 Å². The third kappa shape index (κ3) is 3.78. The molecule has 32 heavy (non-hydrogen) atoms. The number of hydrogen-bond donors (Lipinski definition) is 7. The molecule has 4 unspecified atom stereocenters. The highest BCUT2D eigenvalue weighted by atomic mass is 16.7. The molecule has 0 saturated carbocycles. The Morgan fingerprint density at radius 2 is 1.66 bits per heavy atom. The largest absolute Gasteiger partial charge is 0.507 e. The highest BCUT2D eigenvalue weighted by Gasteiger charge is 2.40. The lowest BCUT2D eigenvalue weighted by molar-refractivity contribution is -0.242. The normalized spacial score (nSPS) is 23.2. The lowest BCUT2D eigenvalue weighted by Gasteiger charge is -2.34. The zero-order valence-corrected chi connectivity index (χ0v) is 16.7. The highest BCUT2D eigenvalue weighted by Crippen LogP contribution is 2.45. The van der Waals surface area contributed by atoms with Crippen molar-refractivity contribution in [2.24, 2.45) is 0 Å². The summed E-state index contributed by atoms with van der Waals surface area (Å²) in [5.74, 6) is -1.83. The number of aliphatic hydroxyl groups is 3. The van der Waals surface area contributed by atoms with Crippen LogP contribution in [0.25, 0.3) is 22.3 Å². The van der Waals surface area contributed by atoms with Crippen molar-refractivity contribution in [3.63, 3.8) is 0 Å². The molecule has 1 aromatic heterocycles. The molecule has 0 bridgehead atoms. The SMILES string of the molecule is COc1cc(-c2[o+]c3cc(O)cc(O)c3cc2OC2OCC(O)C(O)C2O)cc(O)c1O. The van der Waals surface area contributed by atoms with Gasteiger partial charge < -0.3 is 50.0 Å². The molecule has 1 fully saturated rings. The first kappa shape index (κ1) is 21.7. The minimum absolute atomic E-state index is 0.0486. The molecular formula is C21H21O11+. The lowest BCUT2D eigenvalue weighted by atomic mass is 10.1. The van der Waals surface area contributed by atoms with E-state index in [9.17, 15) is 35.7 Å². The Labute approximate surface area is 180 Å². The van der Waals surface area contributed by atoms with Crippen LogP contribution in [0.2, 0.25) is 0 Å². The molecule has 1 aliphatic rings. The summed E-state index contributed by atoms with van der Waals surface area (Å²) in [6.07, 6.45) is -5.86. The van der Waals surface area contributed by atoms with Gasteiger partial charge in [0.15, 0.2) is 11.5 Å². The molecule has 4 rings (SSSR count). The van der Waals surface area contributed by atoms with E-state index in [1.807, 2.05) is 0 Å². The Hall–Kier alpha value is -3.51. The second-order valence-electron chi connectivity index (χ2n) is 7.23. The van der Waals surface area contributed by atoms with Gasteiger partial charge in [-0.1, -0.05) is 0 Å². The fraction of sp³-hybridized carbons (Fsp3) is 0.286. The van der Waals surface area contributed by atoms with E-state index < -0.39 is 36.1 Å². The maximum Gasteiger partial charge on any atom is 0.402 e. The predicted octanol–water partition coefficient (Wildman–Crippen LogP) is 1.03. The number of aromatic hydroxyl groups is 4. The fourth-order valence-electron chi connectivity index (χ4n) is 3.36. The van der Waals surface area contributed by atoms with Gasteiger partial charge in [-0.15, -0.1) is 0 Å². The zero-order valence-electron chi connectivity index (χ0n) is 16.7. The highest BCUT2D eigenvalue weighted by molar-refractivity contribution is 5.88. The zero-order chi connectivity index (χ0) is 23.2. The van der Waals surface area contributed by atoms with Crippen LogP contribution in [-0.2, 0) is 4.74 Å². The summed E-state index contributed by atoms with van der Waals surface area (Å²) in [6.45, 7) is -0.310. The second kappa shape index (κ2) is 8.20. The molecule has 4 atom stereocenters. The average Bonchev–Trinajstić information content (AvgIpc) is 2.75. The van der Waals surface area contributed by atoms with Crippen LogP contribution >= 0.6 is 0 Å². The van der Waals surface area contributed by atoms with Gasteiger partial charge in [0.05, 0.1) is 25.3 Å². The van der Waals surface area contributed by atoms with Crippen molar-refractivity contribution in [1.82, 2.24) is 0 Å². The van der Waals surface area contributed by atoms with Gasteiger partial charge in [-0.2, -0.15) is 0 Å². The molecule has 0 aliphatic carbocycles.